The van der Waals surface area contributed by atoms with Gasteiger partial charge in [-0.2, -0.15) is 4.80 Å². The van der Waals surface area contributed by atoms with Crippen LogP contribution < -0.4 is 0 Å². The van der Waals surface area contributed by atoms with Crippen LogP contribution >= 0.6 is 0 Å². The van der Waals surface area contributed by atoms with E-state index in [4.69, 9.17) is 0 Å². The van der Waals surface area contributed by atoms with E-state index in [-0.39, 0.29) is 5.91 Å². The van der Waals surface area contributed by atoms with Crippen LogP contribution in [0.3, 0.4) is 0 Å². The van der Waals surface area contributed by atoms with E-state index in [1.54, 1.807) is 4.80 Å². The predicted octanol–water partition coefficient (Wildman–Crippen LogP) is 1.28. The van der Waals surface area contributed by atoms with Gasteiger partial charge in [0.15, 0.2) is 0 Å². The Morgan fingerprint density at radius 1 is 1.12 bits per heavy atom. The van der Waals surface area contributed by atoms with Crippen molar-refractivity contribution in [1.29, 1.82) is 0 Å². The molecule has 0 N–H and O–H groups in total. The van der Waals surface area contributed by atoms with E-state index in [9.17, 15) is 4.79 Å². The number of hydrogen-bond acceptors (Lipinski definition) is 5. The molecule has 128 valence electrons. The summed E-state index contributed by atoms with van der Waals surface area (Å²) in [6.45, 7) is 7.47. The van der Waals surface area contributed by atoms with Crippen molar-refractivity contribution in [2.75, 3.05) is 32.7 Å². The Balaban J connectivity index is 1.44. The van der Waals surface area contributed by atoms with Crippen molar-refractivity contribution in [1.82, 2.24) is 30.0 Å². The molecular weight excluding hydrogens is 304 g/mol. The van der Waals surface area contributed by atoms with Crippen LogP contribution in [0.2, 0.25) is 0 Å². The molecule has 0 unspecified atom stereocenters. The molecule has 1 aromatic heterocycles. The number of tetrazole rings is 1. The highest BCUT2D eigenvalue weighted by Gasteiger charge is 2.19. The number of carbonyl (C=O) groups excluding carboxylic acids is 1. The lowest BCUT2D eigenvalue weighted by Crippen LogP contribution is -2.48. The molecule has 0 atom stereocenters. The first-order valence-electron chi connectivity index (χ1n) is 8.59. The molecule has 0 radical (unpaired) electrons. The second-order valence-electron chi connectivity index (χ2n) is 5.99. The molecule has 1 fully saturated rings. The minimum Gasteiger partial charge on any atom is -0.340 e. The molecule has 3 rings (SSSR count). The van der Waals surface area contributed by atoms with Crippen LogP contribution in [-0.4, -0.2) is 68.6 Å². The number of benzene rings is 1. The molecule has 2 aromatic rings. The zero-order valence-corrected chi connectivity index (χ0v) is 14.1. The lowest BCUT2D eigenvalue weighted by molar-refractivity contribution is -0.133. The highest BCUT2D eigenvalue weighted by Crippen LogP contribution is 2.12. The molecule has 1 aromatic carbocycles. The fourth-order valence-corrected chi connectivity index (χ4v) is 2.88. The second kappa shape index (κ2) is 8.01. The number of aryl methyl sites for hydroxylation is 1. The van der Waals surface area contributed by atoms with E-state index in [2.05, 4.69) is 27.2 Å². The lowest BCUT2D eigenvalue weighted by Gasteiger charge is -2.34. The van der Waals surface area contributed by atoms with Gasteiger partial charge in [0.25, 0.3) is 0 Å². The van der Waals surface area contributed by atoms with Crippen molar-refractivity contribution in [2.24, 2.45) is 0 Å². The van der Waals surface area contributed by atoms with Gasteiger partial charge in [-0.3, -0.25) is 4.79 Å². The summed E-state index contributed by atoms with van der Waals surface area (Å²) in [4.78, 5) is 18.2. The number of nitrogens with zero attached hydrogens (tertiary/aromatic N) is 6. The Kier molecular flexibility index (Phi) is 5.53. The quantitative estimate of drug-likeness (QED) is 0.799. The molecule has 7 heteroatoms. The number of aromatic nitrogens is 4. The van der Waals surface area contributed by atoms with E-state index in [1.807, 2.05) is 35.2 Å². The number of hydrogen-bond donors (Lipinski definition) is 0. The summed E-state index contributed by atoms with van der Waals surface area (Å²) in [5, 5.41) is 12.5. The molecule has 0 saturated carbocycles. The van der Waals surface area contributed by atoms with Crippen molar-refractivity contribution in [3.05, 3.63) is 30.3 Å². The first kappa shape index (κ1) is 16.6. The molecule has 7 nitrogen and oxygen atoms in total. The highest BCUT2D eigenvalue weighted by molar-refractivity contribution is 5.76. The Morgan fingerprint density at radius 3 is 2.58 bits per heavy atom. The van der Waals surface area contributed by atoms with Gasteiger partial charge in [0, 0.05) is 38.2 Å². The zero-order chi connectivity index (χ0) is 16.8. The molecule has 1 aliphatic rings. The third-order valence-corrected chi connectivity index (χ3v) is 4.41. The van der Waals surface area contributed by atoms with Crippen LogP contribution in [0.1, 0.15) is 19.8 Å². The predicted molar refractivity (Wildman–Crippen MR) is 91.2 cm³/mol. The smallest absolute Gasteiger partial charge is 0.222 e. The summed E-state index contributed by atoms with van der Waals surface area (Å²) in [5.74, 6) is 0.853. The number of likely N-dealkylation sites (N-methyl/N-ethyl adjacent to an activating group) is 1. The number of amides is 1. The minimum absolute atomic E-state index is 0.231. The van der Waals surface area contributed by atoms with Crippen molar-refractivity contribution < 1.29 is 4.79 Å². The SMILES string of the molecule is CCN1CCN(C(=O)CCCn2nnc(-c3ccccc3)n2)CC1. The maximum absolute atomic E-state index is 12.3. The maximum atomic E-state index is 12.3. The first-order valence-corrected chi connectivity index (χ1v) is 8.59. The molecule has 0 aliphatic carbocycles. The van der Waals surface area contributed by atoms with Crippen molar-refractivity contribution >= 4 is 5.91 Å². The summed E-state index contributed by atoms with van der Waals surface area (Å²) < 4.78 is 0. The average Bonchev–Trinajstić information content (AvgIpc) is 3.11. The van der Waals surface area contributed by atoms with Gasteiger partial charge in [0.1, 0.15) is 0 Å². The van der Waals surface area contributed by atoms with E-state index in [1.165, 1.54) is 0 Å². The normalized spacial score (nSPS) is 15.6. The molecule has 0 spiro atoms. The molecule has 2 heterocycles. The Labute approximate surface area is 142 Å². The van der Waals surface area contributed by atoms with Gasteiger partial charge in [0.05, 0.1) is 6.54 Å². The minimum atomic E-state index is 0.231. The fourth-order valence-electron chi connectivity index (χ4n) is 2.88. The topological polar surface area (TPSA) is 67.2 Å². The van der Waals surface area contributed by atoms with Crippen molar-refractivity contribution in [2.45, 2.75) is 26.3 Å². The molecule has 1 amide bonds. The summed E-state index contributed by atoms with van der Waals surface area (Å²) in [5.41, 5.74) is 0.952. The van der Waals surface area contributed by atoms with Crippen molar-refractivity contribution in [3.63, 3.8) is 0 Å². The molecular formula is C17H24N6O. The molecule has 1 saturated heterocycles. The van der Waals surface area contributed by atoms with Crippen LogP contribution in [0.5, 0.6) is 0 Å². The number of piperazine rings is 1. The summed E-state index contributed by atoms with van der Waals surface area (Å²) >= 11 is 0. The van der Waals surface area contributed by atoms with Crippen molar-refractivity contribution in [3.8, 4) is 11.4 Å². The fraction of sp³-hybridized carbons (Fsp3) is 0.529. The average molecular weight is 328 g/mol. The van der Waals surface area contributed by atoms with Gasteiger partial charge >= 0.3 is 0 Å². The zero-order valence-electron chi connectivity index (χ0n) is 14.1. The largest absolute Gasteiger partial charge is 0.340 e. The van der Waals surface area contributed by atoms with Crippen LogP contribution in [0, 0.1) is 0 Å². The van der Waals surface area contributed by atoms with E-state index < -0.39 is 0 Å². The highest BCUT2D eigenvalue weighted by atomic mass is 16.2. The lowest BCUT2D eigenvalue weighted by atomic mass is 10.2. The Morgan fingerprint density at radius 2 is 1.88 bits per heavy atom. The van der Waals surface area contributed by atoms with Crippen LogP contribution in [0.15, 0.2) is 30.3 Å². The molecule has 1 aliphatic heterocycles. The van der Waals surface area contributed by atoms with Gasteiger partial charge in [-0.05, 0) is 18.2 Å². The number of carbonyl (C=O) groups is 1. The third kappa shape index (κ3) is 4.17. The Hall–Kier alpha value is -2.28. The van der Waals surface area contributed by atoms with Gasteiger partial charge < -0.3 is 9.80 Å². The van der Waals surface area contributed by atoms with E-state index in [0.717, 1.165) is 44.7 Å². The third-order valence-electron chi connectivity index (χ3n) is 4.41. The molecule has 0 bridgehead atoms. The van der Waals surface area contributed by atoms with E-state index >= 15 is 0 Å². The van der Waals surface area contributed by atoms with E-state index in [0.29, 0.717) is 18.8 Å². The first-order chi connectivity index (χ1) is 11.8. The van der Waals surface area contributed by atoms with Crippen LogP contribution in [-0.2, 0) is 11.3 Å². The van der Waals surface area contributed by atoms with Gasteiger partial charge in [-0.1, -0.05) is 37.3 Å². The van der Waals surface area contributed by atoms with Crippen LogP contribution in [0.4, 0.5) is 0 Å². The van der Waals surface area contributed by atoms with Gasteiger partial charge in [-0.15, -0.1) is 10.2 Å². The van der Waals surface area contributed by atoms with Crippen LogP contribution in [0.25, 0.3) is 11.4 Å². The standard InChI is InChI=1S/C17H24N6O/c1-2-21-11-13-22(14-12-21)16(24)9-6-10-23-19-17(18-20-23)15-7-4-3-5-8-15/h3-5,7-8H,2,6,9-14H2,1H3. The summed E-state index contributed by atoms with van der Waals surface area (Å²) in [6.07, 6.45) is 1.27. The number of rotatable bonds is 6. The second-order valence-corrected chi connectivity index (χ2v) is 5.99. The monoisotopic (exact) mass is 328 g/mol. The maximum Gasteiger partial charge on any atom is 0.222 e. The van der Waals surface area contributed by atoms with Gasteiger partial charge in [-0.25, -0.2) is 0 Å². The summed E-state index contributed by atoms with van der Waals surface area (Å²) in [7, 11) is 0. The van der Waals surface area contributed by atoms with Gasteiger partial charge in [0.2, 0.25) is 11.7 Å². The Bertz CT molecular complexity index is 648. The molecule has 24 heavy (non-hydrogen) atoms. The summed E-state index contributed by atoms with van der Waals surface area (Å²) in [6, 6.07) is 9.78.